The molecular formula is C20H25ClN2O4S. The van der Waals surface area contributed by atoms with Crippen molar-refractivity contribution < 1.29 is 17.9 Å². The summed E-state index contributed by atoms with van der Waals surface area (Å²) >= 11 is 6.11. The number of amides is 1. The van der Waals surface area contributed by atoms with Crippen LogP contribution in [-0.2, 0) is 14.8 Å². The monoisotopic (exact) mass is 424 g/mol. The average molecular weight is 425 g/mol. The number of carbonyl (C=O) groups excluding carboxylic acids is 1. The number of anilines is 1. The van der Waals surface area contributed by atoms with Crippen LogP contribution in [0.15, 0.2) is 41.3 Å². The number of para-hydroxylation sites is 1. The highest BCUT2D eigenvalue weighted by molar-refractivity contribution is 7.89. The molecule has 0 aliphatic rings. The summed E-state index contributed by atoms with van der Waals surface area (Å²) in [5.41, 5.74) is 2.21. The molecule has 0 aliphatic carbocycles. The maximum atomic E-state index is 12.7. The Balaban J connectivity index is 2.15. The van der Waals surface area contributed by atoms with Crippen LogP contribution in [0.1, 0.15) is 25.0 Å². The van der Waals surface area contributed by atoms with E-state index >= 15 is 0 Å². The van der Waals surface area contributed by atoms with Crippen molar-refractivity contribution >= 4 is 33.2 Å². The smallest absolute Gasteiger partial charge is 0.262 e. The Hall–Kier alpha value is -2.09. The van der Waals surface area contributed by atoms with Crippen molar-refractivity contribution in [2.45, 2.75) is 32.6 Å². The molecule has 0 aromatic heterocycles. The number of rotatable bonds is 8. The lowest BCUT2D eigenvalue weighted by molar-refractivity contribution is -0.118. The van der Waals surface area contributed by atoms with Crippen LogP contribution in [0.2, 0.25) is 5.02 Å². The third-order valence-corrected chi connectivity index (χ3v) is 6.83. The van der Waals surface area contributed by atoms with E-state index in [1.807, 2.05) is 32.0 Å². The van der Waals surface area contributed by atoms with Gasteiger partial charge >= 0.3 is 0 Å². The second kappa shape index (κ2) is 9.41. The molecular weight excluding hydrogens is 400 g/mol. The van der Waals surface area contributed by atoms with Crippen molar-refractivity contribution in [3.8, 4) is 5.75 Å². The van der Waals surface area contributed by atoms with Gasteiger partial charge < -0.3 is 10.1 Å². The lowest BCUT2D eigenvalue weighted by Gasteiger charge is -2.19. The Morgan fingerprint density at radius 3 is 2.29 bits per heavy atom. The lowest BCUT2D eigenvalue weighted by atomic mass is 10.1. The van der Waals surface area contributed by atoms with Gasteiger partial charge in [0.05, 0.1) is 5.02 Å². The average Bonchev–Trinajstić information content (AvgIpc) is 2.63. The number of ether oxygens (including phenoxy) is 1. The second-order valence-corrected chi connectivity index (χ2v) is 8.61. The van der Waals surface area contributed by atoms with Gasteiger partial charge in [0.1, 0.15) is 10.6 Å². The summed E-state index contributed by atoms with van der Waals surface area (Å²) in [6.45, 7) is 7.79. The molecule has 0 radical (unpaired) electrons. The summed E-state index contributed by atoms with van der Waals surface area (Å²) in [6, 6.07) is 10.1. The molecule has 152 valence electrons. The number of carbonyl (C=O) groups is 1. The highest BCUT2D eigenvalue weighted by atomic mass is 35.5. The molecule has 8 heteroatoms. The minimum absolute atomic E-state index is 0.0358. The van der Waals surface area contributed by atoms with Crippen molar-refractivity contribution in [2.75, 3.05) is 25.0 Å². The van der Waals surface area contributed by atoms with E-state index in [1.54, 1.807) is 19.9 Å². The van der Waals surface area contributed by atoms with E-state index in [1.165, 1.54) is 16.4 Å². The summed E-state index contributed by atoms with van der Waals surface area (Å²) in [5.74, 6) is 0.273. The zero-order valence-electron chi connectivity index (χ0n) is 16.5. The Bertz CT molecular complexity index is 936. The van der Waals surface area contributed by atoms with Crippen molar-refractivity contribution in [3.05, 3.63) is 52.5 Å². The Morgan fingerprint density at radius 1 is 1.11 bits per heavy atom. The molecule has 2 aromatic rings. The van der Waals surface area contributed by atoms with Gasteiger partial charge in [0, 0.05) is 18.8 Å². The number of halogens is 1. The van der Waals surface area contributed by atoms with Gasteiger partial charge in [-0.15, -0.1) is 0 Å². The molecule has 0 bridgehead atoms. The van der Waals surface area contributed by atoms with Crippen molar-refractivity contribution in [1.82, 2.24) is 4.31 Å². The number of aryl methyl sites for hydroxylation is 2. The van der Waals surface area contributed by atoms with Crippen LogP contribution in [0.25, 0.3) is 0 Å². The zero-order valence-corrected chi connectivity index (χ0v) is 18.0. The fourth-order valence-electron chi connectivity index (χ4n) is 2.84. The zero-order chi connectivity index (χ0) is 20.9. The van der Waals surface area contributed by atoms with Crippen molar-refractivity contribution in [1.29, 1.82) is 0 Å². The van der Waals surface area contributed by atoms with Gasteiger partial charge in [0.2, 0.25) is 10.0 Å². The first-order chi connectivity index (χ1) is 13.2. The molecule has 1 amide bonds. The number of benzene rings is 2. The van der Waals surface area contributed by atoms with E-state index in [-0.39, 0.29) is 16.5 Å². The number of sulfonamides is 1. The molecule has 1 N–H and O–H groups in total. The van der Waals surface area contributed by atoms with Gasteiger partial charge in [-0.25, -0.2) is 8.42 Å². The molecule has 0 fully saturated rings. The molecule has 0 heterocycles. The van der Waals surface area contributed by atoms with Crippen molar-refractivity contribution in [3.63, 3.8) is 0 Å². The topological polar surface area (TPSA) is 75.7 Å². The maximum absolute atomic E-state index is 12.7. The SMILES string of the molecule is CCN(CC)S(=O)(=O)c1cc(NC(=O)COc2c(C)cccc2C)ccc1Cl. The van der Waals surface area contributed by atoms with Crippen molar-refractivity contribution in [2.24, 2.45) is 0 Å². The first-order valence-electron chi connectivity index (χ1n) is 8.99. The lowest BCUT2D eigenvalue weighted by Crippen LogP contribution is -2.31. The molecule has 0 saturated carbocycles. The molecule has 0 aliphatic heterocycles. The van der Waals surface area contributed by atoms with E-state index in [4.69, 9.17) is 16.3 Å². The molecule has 2 aromatic carbocycles. The highest BCUT2D eigenvalue weighted by Gasteiger charge is 2.25. The minimum Gasteiger partial charge on any atom is -0.483 e. The van der Waals surface area contributed by atoms with E-state index in [0.717, 1.165) is 11.1 Å². The molecule has 2 rings (SSSR count). The summed E-state index contributed by atoms with van der Waals surface area (Å²) < 4.78 is 32.4. The van der Waals surface area contributed by atoms with Crippen LogP contribution in [0.3, 0.4) is 0 Å². The third-order valence-electron chi connectivity index (χ3n) is 4.29. The van der Waals surface area contributed by atoms with E-state index in [2.05, 4.69) is 5.32 Å². The van der Waals surface area contributed by atoms with E-state index < -0.39 is 15.9 Å². The van der Waals surface area contributed by atoms with Crippen LogP contribution in [0, 0.1) is 13.8 Å². The Kier molecular flexibility index (Phi) is 7.46. The van der Waals surface area contributed by atoms with E-state index in [9.17, 15) is 13.2 Å². The standard InChI is InChI=1S/C20H25ClN2O4S/c1-5-23(6-2)28(25,26)18-12-16(10-11-17(18)21)22-19(24)13-27-20-14(3)8-7-9-15(20)4/h7-12H,5-6,13H2,1-4H3,(H,22,24). The molecule has 0 unspecified atom stereocenters. The van der Waals surface area contributed by atoms with Crippen LogP contribution in [-0.4, -0.2) is 38.3 Å². The molecule has 0 atom stereocenters. The fourth-order valence-corrected chi connectivity index (χ4v) is 4.80. The van der Waals surface area contributed by atoms with Gasteiger partial charge in [-0.05, 0) is 43.2 Å². The number of nitrogens with zero attached hydrogens (tertiary/aromatic N) is 1. The molecule has 0 spiro atoms. The van der Waals surface area contributed by atoms with Crippen LogP contribution < -0.4 is 10.1 Å². The van der Waals surface area contributed by atoms with Gasteiger partial charge in [0.15, 0.2) is 6.61 Å². The third kappa shape index (κ3) is 5.04. The molecule has 28 heavy (non-hydrogen) atoms. The van der Waals surface area contributed by atoms with Gasteiger partial charge in [-0.3, -0.25) is 4.79 Å². The number of nitrogens with one attached hydrogen (secondary N) is 1. The molecule has 6 nitrogen and oxygen atoms in total. The first kappa shape index (κ1) is 22.2. The number of hydrogen-bond acceptors (Lipinski definition) is 4. The first-order valence-corrected chi connectivity index (χ1v) is 10.8. The van der Waals surface area contributed by atoms with Crippen LogP contribution in [0.5, 0.6) is 5.75 Å². The van der Waals surface area contributed by atoms with Crippen LogP contribution >= 0.6 is 11.6 Å². The van der Waals surface area contributed by atoms with E-state index in [0.29, 0.717) is 24.5 Å². The maximum Gasteiger partial charge on any atom is 0.262 e. The van der Waals surface area contributed by atoms with Crippen LogP contribution in [0.4, 0.5) is 5.69 Å². The Morgan fingerprint density at radius 2 is 1.71 bits per heavy atom. The predicted octanol–water partition coefficient (Wildman–Crippen LogP) is 4.00. The summed E-state index contributed by atoms with van der Waals surface area (Å²) in [6.07, 6.45) is 0. The summed E-state index contributed by atoms with van der Waals surface area (Å²) in [4.78, 5) is 12.2. The predicted molar refractivity (Wildman–Crippen MR) is 112 cm³/mol. The fraction of sp³-hybridized carbons (Fsp3) is 0.350. The van der Waals surface area contributed by atoms with Gasteiger partial charge in [-0.1, -0.05) is 43.6 Å². The summed E-state index contributed by atoms with van der Waals surface area (Å²) in [5, 5.41) is 2.77. The largest absolute Gasteiger partial charge is 0.483 e. The van der Waals surface area contributed by atoms with Gasteiger partial charge in [-0.2, -0.15) is 4.31 Å². The summed E-state index contributed by atoms with van der Waals surface area (Å²) in [7, 11) is -3.74. The Labute approximate surface area is 171 Å². The normalized spacial score (nSPS) is 11.5. The quantitative estimate of drug-likeness (QED) is 0.694. The van der Waals surface area contributed by atoms with Gasteiger partial charge in [0.25, 0.3) is 5.91 Å². The number of hydrogen-bond donors (Lipinski definition) is 1. The second-order valence-electron chi connectivity index (χ2n) is 6.29. The highest BCUT2D eigenvalue weighted by Crippen LogP contribution is 2.28. The minimum atomic E-state index is -3.74. The molecule has 0 saturated heterocycles.